The van der Waals surface area contributed by atoms with E-state index in [4.69, 9.17) is 5.11 Å². The number of nitrogens with zero attached hydrogens (tertiary/aromatic N) is 2. The number of hydrogen-bond acceptors (Lipinski definition) is 3. The maximum atomic E-state index is 8.88. The van der Waals surface area contributed by atoms with E-state index in [1.807, 2.05) is 0 Å². The van der Waals surface area contributed by atoms with Crippen molar-refractivity contribution >= 4 is 0 Å². The molecule has 0 spiro atoms. The van der Waals surface area contributed by atoms with E-state index in [1.54, 1.807) is 0 Å². The van der Waals surface area contributed by atoms with E-state index in [0.29, 0.717) is 12.5 Å². The van der Waals surface area contributed by atoms with Gasteiger partial charge in [0.05, 0.1) is 0 Å². The molecule has 0 aromatic heterocycles. The Balaban J connectivity index is 1.54. The predicted octanol–water partition coefficient (Wildman–Crippen LogP) is 0.396. The summed E-state index contributed by atoms with van der Waals surface area (Å²) in [5, 5.41) is 8.88. The molecular weight excluding hydrogens is 176 g/mol. The van der Waals surface area contributed by atoms with Crippen LogP contribution in [0.5, 0.6) is 0 Å². The van der Waals surface area contributed by atoms with Crippen molar-refractivity contribution in [3.8, 4) is 0 Å². The van der Waals surface area contributed by atoms with Gasteiger partial charge in [0.1, 0.15) is 0 Å². The third kappa shape index (κ3) is 2.69. The second-order valence-corrected chi connectivity index (χ2v) is 4.71. The summed E-state index contributed by atoms with van der Waals surface area (Å²) in [6.07, 6.45) is 4.20. The molecule has 0 aliphatic carbocycles. The zero-order valence-corrected chi connectivity index (χ0v) is 8.99. The summed E-state index contributed by atoms with van der Waals surface area (Å²) >= 11 is 0. The molecule has 0 aromatic rings. The molecule has 14 heavy (non-hydrogen) atoms. The first kappa shape index (κ1) is 10.4. The lowest BCUT2D eigenvalue weighted by molar-refractivity contribution is 0.0440. The molecule has 1 N–H and O–H groups in total. The average molecular weight is 198 g/mol. The van der Waals surface area contributed by atoms with Gasteiger partial charge in [-0.25, -0.2) is 0 Å². The normalized spacial score (nSPS) is 26.4. The monoisotopic (exact) mass is 198 g/mol. The third-order valence-electron chi connectivity index (χ3n) is 3.47. The quantitative estimate of drug-likeness (QED) is 0.708. The Kier molecular flexibility index (Phi) is 3.79. The Bertz CT molecular complexity index is 163. The van der Waals surface area contributed by atoms with E-state index in [2.05, 4.69) is 9.80 Å². The summed E-state index contributed by atoms with van der Waals surface area (Å²) in [6.45, 7) is 7.65. The van der Waals surface area contributed by atoms with E-state index in [-0.39, 0.29) is 0 Å². The molecule has 0 saturated carbocycles. The van der Waals surface area contributed by atoms with Crippen LogP contribution < -0.4 is 0 Å². The minimum atomic E-state index is 0.375. The van der Waals surface area contributed by atoms with E-state index >= 15 is 0 Å². The molecule has 2 rings (SSSR count). The fraction of sp³-hybridized carbons (Fsp3) is 1.00. The standard InChI is InChI=1S/C11H22N2O/c14-10-11-8-13(9-11)7-6-12-4-2-1-3-5-12/h11,14H,1-10H2. The summed E-state index contributed by atoms with van der Waals surface area (Å²) in [5.41, 5.74) is 0. The fourth-order valence-electron chi connectivity index (χ4n) is 2.44. The van der Waals surface area contributed by atoms with Gasteiger partial charge in [0.15, 0.2) is 0 Å². The Hall–Kier alpha value is -0.120. The topological polar surface area (TPSA) is 26.7 Å². The van der Waals surface area contributed by atoms with Gasteiger partial charge in [-0.15, -0.1) is 0 Å². The van der Waals surface area contributed by atoms with E-state index in [1.165, 1.54) is 45.4 Å². The van der Waals surface area contributed by atoms with Crippen molar-refractivity contribution in [3.05, 3.63) is 0 Å². The number of hydrogen-bond donors (Lipinski definition) is 1. The highest BCUT2D eigenvalue weighted by atomic mass is 16.3. The molecule has 2 saturated heterocycles. The van der Waals surface area contributed by atoms with Crippen LogP contribution in [0.2, 0.25) is 0 Å². The van der Waals surface area contributed by atoms with E-state index in [0.717, 1.165) is 13.1 Å². The van der Waals surface area contributed by atoms with Gasteiger partial charge in [-0.1, -0.05) is 6.42 Å². The molecule has 0 amide bonds. The van der Waals surface area contributed by atoms with Gasteiger partial charge in [-0.2, -0.15) is 0 Å². The molecule has 82 valence electrons. The van der Waals surface area contributed by atoms with Crippen LogP contribution in [0, 0.1) is 5.92 Å². The summed E-state index contributed by atoms with van der Waals surface area (Å²) in [6, 6.07) is 0. The summed E-state index contributed by atoms with van der Waals surface area (Å²) in [7, 11) is 0. The predicted molar refractivity (Wildman–Crippen MR) is 57.3 cm³/mol. The zero-order valence-electron chi connectivity index (χ0n) is 8.99. The van der Waals surface area contributed by atoms with Crippen LogP contribution in [-0.2, 0) is 0 Å². The Morgan fingerprint density at radius 1 is 0.929 bits per heavy atom. The van der Waals surface area contributed by atoms with Gasteiger partial charge in [0.25, 0.3) is 0 Å². The Labute approximate surface area is 86.7 Å². The molecule has 3 nitrogen and oxygen atoms in total. The van der Waals surface area contributed by atoms with Crippen molar-refractivity contribution < 1.29 is 5.11 Å². The van der Waals surface area contributed by atoms with Crippen molar-refractivity contribution in [1.82, 2.24) is 9.80 Å². The first-order chi connectivity index (χ1) is 6.88. The molecule has 0 aromatic carbocycles. The minimum absolute atomic E-state index is 0.375. The smallest absolute Gasteiger partial charge is 0.0483 e. The van der Waals surface area contributed by atoms with E-state index in [9.17, 15) is 0 Å². The Morgan fingerprint density at radius 3 is 2.21 bits per heavy atom. The first-order valence-electron chi connectivity index (χ1n) is 5.94. The lowest BCUT2D eigenvalue weighted by Gasteiger charge is -2.39. The van der Waals surface area contributed by atoms with Crippen LogP contribution in [0.4, 0.5) is 0 Å². The highest BCUT2D eigenvalue weighted by Crippen LogP contribution is 2.14. The van der Waals surface area contributed by atoms with Gasteiger partial charge in [0, 0.05) is 38.7 Å². The van der Waals surface area contributed by atoms with Gasteiger partial charge in [0.2, 0.25) is 0 Å². The molecule has 0 atom stereocenters. The number of aliphatic hydroxyl groups is 1. The lowest BCUT2D eigenvalue weighted by atomic mass is 10.0. The highest BCUT2D eigenvalue weighted by molar-refractivity contribution is 4.79. The fourth-order valence-corrected chi connectivity index (χ4v) is 2.44. The van der Waals surface area contributed by atoms with Crippen LogP contribution in [-0.4, -0.2) is 60.8 Å². The lowest BCUT2D eigenvalue weighted by Crippen LogP contribution is -2.51. The molecule has 2 fully saturated rings. The molecule has 0 bridgehead atoms. The molecule has 0 radical (unpaired) electrons. The van der Waals surface area contributed by atoms with Crippen molar-refractivity contribution in [1.29, 1.82) is 0 Å². The molecular formula is C11H22N2O. The summed E-state index contributed by atoms with van der Waals surface area (Å²) in [4.78, 5) is 5.03. The molecule has 0 unspecified atom stereocenters. The summed E-state index contributed by atoms with van der Waals surface area (Å²) < 4.78 is 0. The van der Waals surface area contributed by atoms with Gasteiger partial charge in [-0.05, 0) is 25.9 Å². The van der Waals surface area contributed by atoms with Gasteiger partial charge < -0.3 is 14.9 Å². The van der Waals surface area contributed by atoms with Gasteiger partial charge >= 0.3 is 0 Å². The van der Waals surface area contributed by atoms with Crippen LogP contribution in [0.1, 0.15) is 19.3 Å². The molecule has 2 aliphatic rings. The number of piperidine rings is 1. The number of likely N-dealkylation sites (tertiary alicyclic amines) is 2. The van der Waals surface area contributed by atoms with Crippen molar-refractivity contribution in [2.24, 2.45) is 5.92 Å². The largest absolute Gasteiger partial charge is 0.396 e. The van der Waals surface area contributed by atoms with Gasteiger partial charge in [-0.3, -0.25) is 0 Å². The number of aliphatic hydroxyl groups excluding tert-OH is 1. The highest BCUT2D eigenvalue weighted by Gasteiger charge is 2.25. The maximum Gasteiger partial charge on any atom is 0.0483 e. The second-order valence-electron chi connectivity index (χ2n) is 4.71. The molecule has 2 heterocycles. The SMILES string of the molecule is OCC1CN(CCN2CCCCC2)C1. The Morgan fingerprint density at radius 2 is 1.57 bits per heavy atom. The van der Waals surface area contributed by atoms with Crippen LogP contribution in [0.15, 0.2) is 0 Å². The van der Waals surface area contributed by atoms with Crippen LogP contribution in [0.25, 0.3) is 0 Å². The molecule has 3 heteroatoms. The van der Waals surface area contributed by atoms with Crippen molar-refractivity contribution in [2.75, 3.05) is 45.9 Å². The zero-order chi connectivity index (χ0) is 9.80. The van der Waals surface area contributed by atoms with Crippen molar-refractivity contribution in [3.63, 3.8) is 0 Å². The van der Waals surface area contributed by atoms with E-state index < -0.39 is 0 Å². The van der Waals surface area contributed by atoms with Crippen LogP contribution >= 0.6 is 0 Å². The number of rotatable bonds is 4. The summed E-state index contributed by atoms with van der Waals surface area (Å²) in [5.74, 6) is 0.566. The molecule has 2 aliphatic heterocycles. The average Bonchev–Trinajstić information content (AvgIpc) is 2.17. The first-order valence-corrected chi connectivity index (χ1v) is 5.94. The maximum absolute atomic E-state index is 8.88. The second kappa shape index (κ2) is 5.10. The van der Waals surface area contributed by atoms with Crippen LogP contribution in [0.3, 0.4) is 0 Å². The van der Waals surface area contributed by atoms with Crippen molar-refractivity contribution in [2.45, 2.75) is 19.3 Å². The third-order valence-corrected chi connectivity index (χ3v) is 3.47. The minimum Gasteiger partial charge on any atom is -0.396 e.